The maximum Gasteiger partial charge on any atom is 0.197 e. The highest BCUT2D eigenvalue weighted by Gasteiger charge is 2.24. The average molecular weight is 414 g/mol. The first-order valence-corrected chi connectivity index (χ1v) is 9.99. The summed E-state index contributed by atoms with van der Waals surface area (Å²) in [6, 6.07) is 19.2. The van der Waals surface area contributed by atoms with Crippen LogP contribution in [0, 0.1) is 0 Å². The van der Waals surface area contributed by atoms with Crippen molar-refractivity contribution >= 4 is 22.5 Å². The van der Waals surface area contributed by atoms with Crippen LogP contribution < -0.4 is 9.47 Å². The monoisotopic (exact) mass is 414 g/mol. The zero-order chi connectivity index (χ0) is 22.0. The van der Waals surface area contributed by atoms with E-state index in [0.29, 0.717) is 56.9 Å². The largest absolute Gasteiger partial charge is 0.497 e. The summed E-state index contributed by atoms with van der Waals surface area (Å²) in [4.78, 5) is 26.5. The van der Waals surface area contributed by atoms with Crippen molar-refractivity contribution in [1.29, 1.82) is 0 Å². The molecule has 3 aromatic carbocycles. The second kappa shape index (κ2) is 8.48. The van der Waals surface area contributed by atoms with Gasteiger partial charge in [0.1, 0.15) is 22.8 Å². The first-order chi connectivity index (χ1) is 15.1. The first-order valence-electron chi connectivity index (χ1n) is 9.99. The Morgan fingerprint density at radius 2 is 1.32 bits per heavy atom. The molecule has 156 valence electrons. The molecule has 0 bridgehead atoms. The van der Waals surface area contributed by atoms with Crippen molar-refractivity contribution in [2.75, 3.05) is 14.2 Å². The van der Waals surface area contributed by atoms with Gasteiger partial charge in [-0.25, -0.2) is 0 Å². The van der Waals surface area contributed by atoms with E-state index in [4.69, 9.17) is 13.9 Å². The standard InChI is InChI=1S/C26H22O5/c1-4-22-23(25(28)17-10-14-19(30-3)15-11-17)20-6-5-7-21(26(20)31-22)24(27)16-8-12-18(29-2)13-9-16/h5-15H,4H2,1-3H3. The van der Waals surface area contributed by atoms with Crippen molar-refractivity contribution in [3.8, 4) is 11.5 Å². The van der Waals surface area contributed by atoms with E-state index in [2.05, 4.69) is 0 Å². The predicted molar refractivity (Wildman–Crippen MR) is 118 cm³/mol. The van der Waals surface area contributed by atoms with Gasteiger partial charge in [0.15, 0.2) is 11.6 Å². The zero-order valence-electron chi connectivity index (χ0n) is 17.6. The zero-order valence-corrected chi connectivity index (χ0v) is 17.6. The Kier molecular flexibility index (Phi) is 5.58. The van der Waals surface area contributed by atoms with Gasteiger partial charge in [-0.2, -0.15) is 0 Å². The van der Waals surface area contributed by atoms with Crippen molar-refractivity contribution < 1.29 is 23.5 Å². The van der Waals surface area contributed by atoms with Gasteiger partial charge in [-0.15, -0.1) is 0 Å². The molecule has 4 rings (SSSR count). The molecule has 4 aromatic rings. The number of ether oxygens (including phenoxy) is 2. The summed E-state index contributed by atoms with van der Waals surface area (Å²) in [6.45, 7) is 1.92. The summed E-state index contributed by atoms with van der Waals surface area (Å²) < 4.78 is 16.4. The van der Waals surface area contributed by atoms with Crippen LogP contribution in [0.3, 0.4) is 0 Å². The van der Waals surface area contributed by atoms with Gasteiger partial charge in [-0.1, -0.05) is 19.1 Å². The molecule has 1 heterocycles. The van der Waals surface area contributed by atoms with Gasteiger partial charge in [0.25, 0.3) is 0 Å². The Labute approximate surface area is 180 Å². The summed E-state index contributed by atoms with van der Waals surface area (Å²) in [7, 11) is 3.16. The van der Waals surface area contributed by atoms with Crippen molar-refractivity contribution in [2.24, 2.45) is 0 Å². The normalized spacial score (nSPS) is 10.8. The van der Waals surface area contributed by atoms with Gasteiger partial charge in [0.2, 0.25) is 0 Å². The smallest absolute Gasteiger partial charge is 0.197 e. The van der Waals surface area contributed by atoms with Crippen LogP contribution in [0.2, 0.25) is 0 Å². The van der Waals surface area contributed by atoms with Crippen LogP contribution in [0.15, 0.2) is 71.1 Å². The molecule has 0 saturated heterocycles. The minimum Gasteiger partial charge on any atom is -0.497 e. The molecular formula is C26H22O5. The number of hydrogen-bond acceptors (Lipinski definition) is 5. The molecule has 5 heteroatoms. The minimum absolute atomic E-state index is 0.146. The molecule has 0 spiro atoms. The number of methoxy groups -OCH3 is 2. The van der Waals surface area contributed by atoms with E-state index in [9.17, 15) is 9.59 Å². The van der Waals surface area contributed by atoms with Crippen LogP contribution >= 0.6 is 0 Å². The number of benzene rings is 3. The van der Waals surface area contributed by atoms with Gasteiger partial charge >= 0.3 is 0 Å². The van der Waals surface area contributed by atoms with E-state index in [1.165, 1.54) is 0 Å². The lowest BCUT2D eigenvalue weighted by atomic mass is 9.96. The Bertz CT molecular complexity index is 1250. The SMILES string of the molecule is CCc1oc2c(C(=O)c3ccc(OC)cc3)cccc2c1C(=O)c1ccc(OC)cc1. The Morgan fingerprint density at radius 1 is 0.774 bits per heavy atom. The van der Waals surface area contributed by atoms with Gasteiger partial charge in [-0.05, 0) is 54.6 Å². The van der Waals surface area contributed by atoms with Crippen LogP contribution in [0.25, 0.3) is 11.0 Å². The highest BCUT2D eigenvalue weighted by atomic mass is 16.5. The van der Waals surface area contributed by atoms with Crippen LogP contribution in [-0.2, 0) is 6.42 Å². The van der Waals surface area contributed by atoms with Gasteiger partial charge in [0, 0.05) is 22.9 Å². The van der Waals surface area contributed by atoms with Crippen molar-refractivity contribution in [3.05, 3.63) is 94.7 Å². The number of rotatable bonds is 7. The van der Waals surface area contributed by atoms with Crippen LogP contribution in [0.4, 0.5) is 0 Å². The summed E-state index contributed by atoms with van der Waals surface area (Å²) in [5.74, 6) is 1.59. The molecular weight excluding hydrogens is 392 g/mol. The molecule has 5 nitrogen and oxygen atoms in total. The Morgan fingerprint density at radius 3 is 1.84 bits per heavy atom. The van der Waals surface area contributed by atoms with Crippen LogP contribution in [0.1, 0.15) is 44.5 Å². The molecule has 0 fully saturated rings. The lowest BCUT2D eigenvalue weighted by molar-refractivity contribution is 0.103. The van der Waals surface area contributed by atoms with E-state index < -0.39 is 0 Å². The molecule has 0 aliphatic rings. The fourth-order valence-electron chi connectivity index (χ4n) is 3.63. The third kappa shape index (κ3) is 3.70. The molecule has 0 N–H and O–H groups in total. The van der Waals surface area contributed by atoms with E-state index in [0.717, 1.165) is 0 Å². The molecule has 0 radical (unpaired) electrons. The second-order valence-electron chi connectivity index (χ2n) is 7.05. The summed E-state index contributed by atoms with van der Waals surface area (Å²) >= 11 is 0. The van der Waals surface area contributed by atoms with Crippen LogP contribution in [0.5, 0.6) is 11.5 Å². The quantitative estimate of drug-likeness (QED) is 0.375. The first kappa shape index (κ1) is 20.4. The molecule has 0 atom stereocenters. The van der Waals surface area contributed by atoms with E-state index in [1.54, 1.807) is 74.9 Å². The number of carbonyl (C=O) groups is 2. The number of hydrogen-bond donors (Lipinski definition) is 0. The Balaban J connectivity index is 1.81. The number of carbonyl (C=O) groups excluding carboxylic acids is 2. The molecule has 0 aliphatic carbocycles. The number of para-hydroxylation sites is 1. The van der Waals surface area contributed by atoms with Crippen molar-refractivity contribution in [1.82, 2.24) is 0 Å². The van der Waals surface area contributed by atoms with Gasteiger partial charge in [0.05, 0.1) is 25.3 Å². The predicted octanol–water partition coefficient (Wildman–Crippen LogP) is 5.47. The number of fused-ring (bicyclic) bond motifs is 1. The lowest BCUT2D eigenvalue weighted by Gasteiger charge is -2.05. The fourth-order valence-corrected chi connectivity index (χ4v) is 3.63. The Hall–Kier alpha value is -3.86. The van der Waals surface area contributed by atoms with Crippen molar-refractivity contribution in [2.45, 2.75) is 13.3 Å². The summed E-state index contributed by atoms with van der Waals surface area (Å²) in [5.41, 5.74) is 2.39. The third-order valence-electron chi connectivity index (χ3n) is 5.29. The highest BCUT2D eigenvalue weighted by Crippen LogP contribution is 2.32. The maximum atomic E-state index is 13.3. The number of aryl methyl sites for hydroxylation is 1. The third-order valence-corrected chi connectivity index (χ3v) is 5.29. The van der Waals surface area contributed by atoms with Crippen molar-refractivity contribution in [3.63, 3.8) is 0 Å². The molecule has 0 amide bonds. The minimum atomic E-state index is -0.173. The highest BCUT2D eigenvalue weighted by molar-refractivity contribution is 6.21. The van der Waals surface area contributed by atoms with E-state index in [1.807, 2.05) is 13.0 Å². The molecule has 0 saturated carbocycles. The summed E-state index contributed by atoms with van der Waals surface area (Å²) in [6.07, 6.45) is 0.530. The van der Waals surface area contributed by atoms with E-state index >= 15 is 0 Å². The van der Waals surface area contributed by atoms with Gasteiger partial charge in [-0.3, -0.25) is 9.59 Å². The molecule has 1 aromatic heterocycles. The maximum absolute atomic E-state index is 13.3. The lowest BCUT2D eigenvalue weighted by Crippen LogP contribution is -2.04. The fraction of sp³-hybridized carbons (Fsp3) is 0.154. The van der Waals surface area contributed by atoms with Gasteiger partial charge < -0.3 is 13.9 Å². The van der Waals surface area contributed by atoms with Crippen LogP contribution in [-0.4, -0.2) is 25.8 Å². The average Bonchev–Trinajstić information content (AvgIpc) is 3.22. The topological polar surface area (TPSA) is 65.7 Å². The molecule has 0 unspecified atom stereocenters. The second-order valence-corrected chi connectivity index (χ2v) is 7.05. The molecule has 31 heavy (non-hydrogen) atoms. The number of furan rings is 1. The summed E-state index contributed by atoms with van der Waals surface area (Å²) in [5, 5.41) is 0.636. The number of ketones is 2. The molecule has 0 aliphatic heterocycles. The van der Waals surface area contributed by atoms with E-state index in [-0.39, 0.29) is 11.6 Å².